The summed E-state index contributed by atoms with van der Waals surface area (Å²) in [6.45, 7) is 4.17. The number of rotatable bonds is 2. The van der Waals surface area contributed by atoms with Crippen molar-refractivity contribution < 1.29 is 0 Å². The minimum absolute atomic E-state index is 0.870. The molecule has 90 valence electrons. The molecule has 0 aliphatic carbocycles. The van der Waals surface area contributed by atoms with Crippen molar-refractivity contribution in [3.63, 3.8) is 0 Å². The summed E-state index contributed by atoms with van der Waals surface area (Å²) < 4.78 is 1.82. The highest BCUT2D eigenvalue weighted by atomic mass is 15.5. The van der Waals surface area contributed by atoms with Crippen molar-refractivity contribution in [2.75, 3.05) is 38.7 Å². The van der Waals surface area contributed by atoms with Gasteiger partial charge in [0.05, 0.1) is 6.20 Å². The van der Waals surface area contributed by atoms with Crippen LogP contribution in [0.3, 0.4) is 0 Å². The van der Waals surface area contributed by atoms with Crippen molar-refractivity contribution in [1.29, 1.82) is 0 Å². The second-order valence-electron chi connectivity index (χ2n) is 4.34. The van der Waals surface area contributed by atoms with Crippen molar-refractivity contribution in [2.24, 2.45) is 0 Å². The van der Waals surface area contributed by atoms with Gasteiger partial charge in [-0.2, -0.15) is 5.10 Å². The molecule has 0 radical (unpaired) electrons. The van der Waals surface area contributed by atoms with Crippen molar-refractivity contribution in [2.45, 2.75) is 0 Å². The van der Waals surface area contributed by atoms with Crippen molar-refractivity contribution >= 4 is 11.3 Å². The Morgan fingerprint density at radius 3 is 2.82 bits per heavy atom. The minimum Gasteiger partial charge on any atom is -0.304 e. The number of hydrazine groups is 1. The molecule has 6 nitrogen and oxygen atoms in total. The monoisotopic (exact) mass is 232 g/mol. The number of hydrogen-bond donors (Lipinski definition) is 1. The van der Waals surface area contributed by atoms with Gasteiger partial charge in [0, 0.05) is 38.6 Å². The van der Waals surface area contributed by atoms with Crippen LogP contribution in [0.4, 0.5) is 5.82 Å². The zero-order valence-corrected chi connectivity index (χ0v) is 9.87. The van der Waals surface area contributed by atoms with Crippen LogP contribution < -0.4 is 5.43 Å². The number of hydrogen-bond acceptors (Lipinski definition) is 5. The molecule has 17 heavy (non-hydrogen) atoms. The van der Waals surface area contributed by atoms with E-state index in [1.807, 2.05) is 16.8 Å². The van der Waals surface area contributed by atoms with E-state index >= 15 is 0 Å². The molecule has 2 aromatic heterocycles. The lowest BCUT2D eigenvalue weighted by atomic mass is 10.4. The van der Waals surface area contributed by atoms with E-state index in [2.05, 4.69) is 32.5 Å². The molecule has 2 aromatic rings. The quantitative estimate of drug-likeness (QED) is 0.807. The Balaban J connectivity index is 1.78. The third-order valence-corrected chi connectivity index (χ3v) is 3.09. The molecule has 6 heteroatoms. The van der Waals surface area contributed by atoms with Crippen LogP contribution in [-0.4, -0.2) is 57.7 Å². The highest BCUT2D eigenvalue weighted by Gasteiger charge is 2.14. The van der Waals surface area contributed by atoms with Crippen molar-refractivity contribution in [3.05, 3.63) is 24.7 Å². The smallest absolute Gasteiger partial charge is 0.166 e. The van der Waals surface area contributed by atoms with E-state index in [4.69, 9.17) is 0 Å². The predicted octanol–water partition coefficient (Wildman–Crippen LogP) is 0.304. The highest BCUT2D eigenvalue weighted by Crippen LogP contribution is 2.13. The first-order valence-corrected chi connectivity index (χ1v) is 5.81. The fraction of sp³-hybridized carbons (Fsp3) is 0.455. The summed E-state index contributed by atoms with van der Waals surface area (Å²) in [4.78, 5) is 6.69. The van der Waals surface area contributed by atoms with Gasteiger partial charge < -0.3 is 10.3 Å². The van der Waals surface area contributed by atoms with Crippen LogP contribution >= 0.6 is 0 Å². The molecular weight excluding hydrogens is 216 g/mol. The number of nitrogens with zero attached hydrogens (tertiary/aromatic N) is 5. The third kappa shape index (κ3) is 2.09. The number of nitrogens with one attached hydrogen (secondary N) is 1. The predicted molar refractivity (Wildman–Crippen MR) is 65.7 cm³/mol. The second-order valence-corrected chi connectivity index (χ2v) is 4.34. The number of fused-ring (bicyclic) bond motifs is 1. The standard InChI is InChI=1S/C11H16N6/c1-15-6-8-16(9-7-15)14-11-10-2-3-13-17(10)5-4-12-11/h2-5H,6-9H2,1H3,(H,12,14). The van der Waals surface area contributed by atoms with Gasteiger partial charge in [0.1, 0.15) is 5.52 Å². The van der Waals surface area contributed by atoms with Crippen molar-refractivity contribution in [3.8, 4) is 0 Å². The lowest BCUT2D eigenvalue weighted by molar-refractivity contribution is 0.178. The van der Waals surface area contributed by atoms with E-state index in [-0.39, 0.29) is 0 Å². The first-order valence-electron chi connectivity index (χ1n) is 5.81. The average molecular weight is 232 g/mol. The minimum atomic E-state index is 0.870. The summed E-state index contributed by atoms with van der Waals surface area (Å²) in [5.41, 5.74) is 4.37. The molecule has 1 fully saturated rings. The van der Waals surface area contributed by atoms with Crippen LogP contribution in [0, 0.1) is 0 Å². The van der Waals surface area contributed by atoms with Crippen molar-refractivity contribution in [1.82, 2.24) is 24.5 Å². The fourth-order valence-corrected chi connectivity index (χ4v) is 2.01. The molecular formula is C11H16N6. The zero-order valence-electron chi connectivity index (χ0n) is 9.87. The molecule has 0 atom stereocenters. The van der Waals surface area contributed by atoms with E-state index in [1.54, 1.807) is 12.4 Å². The molecule has 3 rings (SSSR count). The fourth-order valence-electron chi connectivity index (χ4n) is 2.01. The third-order valence-electron chi connectivity index (χ3n) is 3.09. The zero-order chi connectivity index (χ0) is 11.7. The largest absolute Gasteiger partial charge is 0.304 e. The summed E-state index contributed by atoms with van der Waals surface area (Å²) in [5, 5.41) is 6.40. The molecule has 0 aromatic carbocycles. The lowest BCUT2D eigenvalue weighted by Crippen LogP contribution is -2.47. The maximum Gasteiger partial charge on any atom is 0.166 e. The van der Waals surface area contributed by atoms with E-state index in [9.17, 15) is 0 Å². The van der Waals surface area contributed by atoms with E-state index in [0.717, 1.165) is 37.5 Å². The van der Waals surface area contributed by atoms with Gasteiger partial charge in [-0.05, 0) is 13.1 Å². The Bertz CT molecular complexity index is 499. The normalized spacial score (nSPS) is 18.6. The Morgan fingerprint density at radius 1 is 1.18 bits per heavy atom. The van der Waals surface area contributed by atoms with Crippen LogP contribution in [0.2, 0.25) is 0 Å². The Morgan fingerprint density at radius 2 is 2.00 bits per heavy atom. The van der Waals surface area contributed by atoms with Crippen LogP contribution in [0.1, 0.15) is 0 Å². The van der Waals surface area contributed by atoms with Gasteiger partial charge in [-0.3, -0.25) is 0 Å². The summed E-state index contributed by atoms with van der Waals surface area (Å²) >= 11 is 0. The van der Waals surface area contributed by atoms with Gasteiger partial charge in [-0.25, -0.2) is 14.5 Å². The van der Waals surface area contributed by atoms with Crippen LogP contribution in [0.15, 0.2) is 24.7 Å². The number of likely N-dealkylation sites (N-methyl/N-ethyl adjacent to an activating group) is 1. The highest BCUT2D eigenvalue weighted by molar-refractivity contribution is 5.66. The molecule has 0 unspecified atom stereocenters. The van der Waals surface area contributed by atoms with Gasteiger partial charge >= 0.3 is 0 Å². The Labute approximate surface area is 99.8 Å². The van der Waals surface area contributed by atoms with E-state index < -0.39 is 0 Å². The van der Waals surface area contributed by atoms with Gasteiger partial charge in [0.15, 0.2) is 5.82 Å². The molecule has 3 heterocycles. The molecule has 1 aliphatic rings. The Kier molecular flexibility index (Phi) is 2.66. The van der Waals surface area contributed by atoms with E-state index in [1.165, 1.54) is 0 Å². The molecule has 1 aliphatic heterocycles. The topological polar surface area (TPSA) is 48.7 Å². The molecule has 0 amide bonds. The van der Waals surface area contributed by atoms with Crippen LogP contribution in [0.5, 0.6) is 0 Å². The maximum atomic E-state index is 4.37. The first kappa shape index (κ1) is 10.5. The summed E-state index contributed by atoms with van der Waals surface area (Å²) in [7, 11) is 2.15. The summed E-state index contributed by atoms with van der Waals surface area (Å²) in [6, 6.07) is 1.96. The lowest BCUT2D eigenvalue weighted by Gasteiger charge is -2.32. The second kappa shape index (κ2) is 4.31. The van der Waals surface area contributed by atoms with Gasteiger partial charge in [0.25, 0.3) is 0 Å². The van der Waals surface area contributed by atoms with Gasteiger partial charge in [0.2, 0.25) is 0 Å². The van der Waals surface area contributed by atoms with Gasteiger partial charge in [-0.1, -0.05) is 0 Å². The molecule has 0 bridgehead atoms. The molecule has 1 saturated heterocycles. The molecule has 0 saturated carbocycles. The van der Waals surface area contributed by atoms with Crippen LogP contribution in [-0.2, 0) is 0 Å². The van der Waals surface area contributed by atoms with Gasteiger partial charge in [-0.15, -0.1) is 0 Å². The van der Waals surface area contributed by atoms with Crippen LogP contribution in [0.25, 0.3) is 5.52 Å². The SMILES string of the molecule is CN1CCN(Nc2nccn3nccc23)CC1. The number of aromatic nitrogens is 3. The number of anilines is 1. The number of piperazine rings is 1. The summed E-state index contributed by atoms with van der Waals surface area (Å²) in [6.07, 6.45) is 5.40. The average Bonchev–Trinajstić information content (AvgIpc) is 2.81. The molecule has 1 N–H and O–H groups in total. The van der Waals surface area contributed by atoms with E-state index in [0.29, 0.717) is 0 Å². The Hall–Kier alpha value is -1.66. The summed E-state index contributed by atoms with van der Waals surface area (Å²) in [5.74, 6) is 0.870. The first-order chi connectivity index (χ1) is 8.33. The molecule has 0 spiro atoms. The maximum absolute atomic E-state index is 4.37.